The topological polar surface area (TPSA) is 59.0 Å². The lowest BCUT2D eigenvalue weighted by Crippen LogP contribution is -2.30. The molecular weight excluding hydrogens is 393 g/mol. The van der Waals surface area contributed by atoms with Crippen molar-refractivity contribution in [1.82, 2.24) is 15.1 Å². The van der Waals surface area contributed by atoms with E-state index in [1.165, 1.54) is 12.1 Å². The van der Waals surface area contributed by atoms with Crippen LogP contribution in [0.1, 0.15) is 23.2 Å². The van der Waals surface area contributed by atoms with Crippen molar-refractivity contribution in [2.75, 3.05) is 18.4 Å². The van der Waals surface area contributed by atoms with Crippen LogP contribution in [0.2, 0.25) is 0 Å². The molecule has 0 saturated heterocycles. The number of halogens is 3. The molecule has 3 aromatic rings. The Hall–Kier alpha value is -3.29. The molecule has 158 valence electrons. The number of anilines is 1. The standard InChI is InChI=1S/C22H23F3N4O/c1-16-17(15-29(28-16)20-10-3-2-4-11-20)7-6-12-26-21(30)14-27-19-9-5-8-18(13-19)22(23,24)25/h2-5,8-11,13,15,27H,6-7,12,14H2,1H3,(H,26,30). The fourth-order valence-electron chi connectivity index (χ4n) is 3.01. The number of alkyl halides is 3. The van der Waals surface area contributed by atoms with Crippen molar-refractivity contribution < 1.29 is 18.0 Å². The average molecular weight is 416 g/mol. The molecule has 0 saturated carbocycles. The first kappa shape index (κ1) is 21.4. The summed E-state index contributed by atoms with van der Waals surface area (Å²) in [5, 5.41) is 10.0. The Labute approximate surface area is 172 Å². The number of benzene rings is 2. The Morgan fingerprint density at radius 2 is 1.87 bits per heavy atom. The molecule has 1 heterocycles. The van der Waals surface area contributed by atoms with Crippen molar-refractivity contribution >= 4 is 11.6 Å². The largest absolute Gasteiger partial charge is 0.416 e. The number of aromatic nitrogens is 2. The van der Waals surface area contributed by atoms with E-state index in [0.29, 0.717) is 6.54 Å². The van der Waals surface area contributed by atoms with Gasteiger partial charge in [-0.25, -0.2) is 4.68 Å². The molecule has 0 radical (unpaired) electrons. The third kappa shape index (κ3) is 5.85. The SMILES string of the molecule is Cc1nn(-c2ccccc2)cc1CCCNC(=O)CNc1cccc(C(F)(F)F)c1. The van der Waals surface area contributed by atoms with Gasteiger partial charge in [0.2, 0.25) is 5.91 Å². The van der Waals surface area contributed by atoms with Gasteiger partial charge in [0.05, 0.1) is 23.5 Å². The first-order valence-corrected chi connectivity index (χ1v) is 9.61. The van der Waals surface area contributed by atoms with Crippen LogP contribution in [-0.2, 0) is 17.4 Å². The monoisotopic (exact) mass is 416 g/mol. The third-order valence-corrected chi connectivity index (χ3v) is 4.61. The van der Waals surface area contributed by atoms with Crippen molar-refractivity contribution in [2.24, 2.45) is 0 Å². The van der Waals surface area contributed by atoms with E-state index >= 15 is 0 Å². The Balaban J connectivity index is 1.42. The highest BCUT2D eigenvalue weighted by atomic mass is 19.4. The molecule has 5 nitrogen and oxygen atoms in total. The van der Waals surface area contributed by atoms with Crippen LogP contribution < -0.4 is 10.6 Å². The first-order chi connectivity index (χ1) is 14.3. The van der Waals surface area contributed by atoms with Crippen LogP contribution in [0, 0.1) is 6.92 Å². The zero-order valence-electron chi connectivity index (χ0n) is 16.5. The number of nitrogens with zero attached hydrogens (tertiary/aromatic N) is 2. The van der Waals surface area contributed by atoms with E-state index in [2.05, 4.69) is 15.7 Å². The predicted octanol–water partition coefficient (Wildman–Crippen LogP) is 4.36. The molecule has 0 spiro atoms. The van der Waals surface area contributed by atoms with Gasteiger partial charge in [0.15, 0.2) is 0 Å². The molecule has 30 heavy (non-hydrogen) atoms. The summed E-state index contributed by atoms with van der Waals surface area (Å²) in [4.78, 5) is 12.0. The van der Waals surface area contributed by atoms with Crippen LogP contribution in [0.4, 0.5) is 18.9 Å². The average Bonchev–Trinajstić information content (AvgIpc) is 3.10. The van der Waals surface area contributed by atoms with Gasteiger partial charge in [-0.1, -0.05) is 24.3 Å². The molecule has 2 N–H and O–H groups in total. The number of aryl methyl sites for hydroxylation is 2. The lowest BCUT2D eigenvalue weighted by molar-refractivity contribution is -0.137. The van der Waals surface area contributed by atoms with Crippen LogP contribution in [-0.4, -0.2) is 28.8 Å². The van der Waals surface area contributed by atoms with Gasteiger partial charge in [-0.05, 0) is 55.7 Å². The van der Waals surface area contributed by atoms with E-state index in [4.69, 9.17) is 0 Å². The van der Waals surface area contributed by atoms with Crippen LogP contribution in [0.15, 0.2) is 60.8 Å². The van der Waals surface area contributed by atoms with E-state index < -0.39 is 11.7 Å². The minimum atomic E-state index is -4.41. The highest BCUT2D eigenvalue weighted by Gasteiger charge is 2.30. The van der Waals surface area contributed by atoms with E-state index in [1.807, 2.05) is 48.1 Å². The van der Waals surface area contributed by atoms with Crippen molar-refractivity contribution in [3.8, 4) is 5.69 Å². The molecular formula is C22H23F3N4O. The highest BCUT2D eigenvalue weighted by Crippen LogP contribution is 2.30. The lowest BCUT2D eigenvalue weighted by Gasteiger charge is -2.11. The zero-order chi connectivity index (χ0) is 21.6. The summed E-state index contributed by atoms with van der Waals surface area (Å²) in [6, 6.07) is 14.6. The molecule has 3 rings (SSSR count). The van der Waals surface area contributed by atoms with Crippen molar-refractivity contribution in [3.63, 3.8) is 0 Å². The molecule has 0 fully saturated rings. The van der Waals surface area contributed by atoms with Gasteiger partial charge in [-0.15, -0.1) is 0 Å². The van der Waals surface area contributed by atoms with Gasteiger partial charge in [-0.3, -0.25) is 4.79 Å². The molecule has 0 bridgehead atoms. The molecule has 0 aliphatic rings. The van der Waals surface area contributed by atoms with Gasteiger partial charge >= 0.3 is 6.18 Å². The van der Waals surface area contributed by atoms with E-state index in [0.717, 1.165) is 41.9 Å². The van der Waals surface area contributed by atoms with Gasteiger partial charge in [0.1, 0.15) is 0 Å². The summed E-state index contributed by atoms with van der Waals surface area (Å²) in [7, 11) is 0. The Morgan fingerprint density at radius 3 is 2.60 bits per heavy atom. The van der Waals surface area contributed by atoms with Crippen LogP contribution >= 0.6 is 0 Å². The maximum Gasteiger partial charge on any atom is 0.416 e. The molecule has 2 aromatic carbocycles. The fourth-order valence-corrected chi connectivity index (χ4v) is 3.01. The second-order valence-electron chi connectivity index (χ2n) is 6.91. The minimum absolute atomic E-state index is 0.0910. The van der Waals surface area contributed by atoms with Crippen molar-refractivity contribution in [3.05, 3.63) is 77.6 Å². The normalized spacial score (nSPS) is 11.3. The van der Waals surface area contributed by atoms with Crippen molar-refractivity contribution in [2.45, 2.75) is 25.9 Å². The number of nitrogens with one attached hydrogen (secondary N) is 2. The zero-order valence-corrected chi connectivity index (χ0v) is 16.5. The molecule has 0 atom stereocenters. The van der Waals surface area contributed by atoms with Crippen LogP contribution in [0.5, 0.6) is 0 Å². The smallest absolute Gasteiger partial charge is 0.376 e. The Kier molecular flexibility index (Phi) is 6.76. The molecule has 0 unspecified atom stereocenters. The number of carbonyl (C=O) groups is 1. The number of hydrogen-bond acceptors (Lipinski definition) is 3. The highest BCUT2D eigenvalue weighted by molar-refractivity contribution is 5.80. The molecule has 1 aromatic heterocycles. The number of para-hydroxylation sites is 1. The maximum atomic E-state index is 12.7. The van der Waals surface area contributed by atoms with Gasteiger partial charge in [-0.2, -0.15) is 18.3 Å². The quantitative estimate of drug-likeness (QED) is 0.537. The Bertz CT molecular complexity index is 984. The number of rotatable bonds is 8. The van der Waals surface area contributed by atoms with Gasteiger partial charge in [0, 0.05) is 18.4 Å². The lowest BCUT2D eigenvalue weighted by atomic mass is 10.1. The van der Waals surface area contributed by atoms with Gasteiger partial charge < -0.3 is 10.6 Å². The second kappa shape index (κ2) is 9.47. The van der Waals surface area contributed by atoms with Gasteiger partial charge in [0.25, 0.3) is 0 Å². The summed E-state index contributed by atoms with van der Waals surface area (Å²) in [5.74, 6) is -0.274. The maximum absolute atomic E-state index is 12.7. The summed E-state index contributed by atoms with van der Waals surface area (Å²) in [6.07, 6.45) is -0.926. The molecule has 1 amide bonds. The van der Waals surface area contributed by atoms with E-state index in [-0.39, 0.29) is 18.1 Å². The third-order valence-electron chi connectivity index (χ3n) is 4.61. The molecule has 0 aliphatic carbocycles. The van der Waals surface area contributed by atoms with E-state index in [1.54, 1.807) is 0 Å². The number of amides is 1. The van der Waals surface area contributed by atoms with Crippen LogP contribution in [0.3, 0.4) is 0 Å². The summed E-state index contributed by atoms with van der Waals surface area (Å²) < 4.78 is 40.0. The summed E-state index contributed by atoms with van der Waals surface area (Å²) in [6.45, 7) is 2.33. The number of hydrogen-bond donors (Lipinski definition) is 2. The summed E-state index contributed by atoms with van der Waals surface area (Å²) >= 11 is 0. The fraction of sp³-hybridized carbons (Fsp3) is 0.273. The van der Waals surface area contributed by atoms with Crippen LogP contribution in [0.25, 0.3) is 5.69 Å². The molecule has 8 heteroatoms. The second-order valence-corrected chi connectivity index (χ2v) is 6.91. The number of carbonyl (C=O) groups excluding carboxylic acids is 1. The van der Waals surface area contributed by atoms with E-state index in [9.17, 15) is 18.0 Å². The minimum Gasteiger partial charge on any atom is -0.376 e. The molecule has 0 aliphatic heterocycles. The summed E-state index contributed by atoms with van der Waals surface area (Å²) in [5.41, 5.74) is 2.54. The first-order valence-electron chi connectivity index (χ1n) is 9.61. The predicted molar refractivity (Wildman–Crippen MR) is 110 cm³/mol. The Morgan fingerprint density at radius 1 is 1.10 bits per heavy atom. The van der Waals surface area contributed by atoms with Crippen molar-refractivity contribution in [1.29, 1.82) is 0 Å².